The van der Waals surface area contributed by atoms with Crippen molar-refractivity contribution in [3.63, 3.8) is 0 Å². The smallest absolute Gasteiger partial charge is 0.408 e. The van der Waals surface area contributed by atoms with Gasteiger partial charge in [0, 0.05) is 30.3 Å². The van der Waals surface area contributed by atoms with Gasteiger partial charge in [-0.3, -0.25) is 9.59 Å². The van der Waals surface area contributed by atoms with Gasteiger partial charge < -0.3 is 19.2 Å². The highest BCUT2D eigenvalue weighted by atomic mass is 32.2. The van der Waals surface area contributed by atoms with Gasteiger partial charge in [-0.25, -0.2) is 9.59 Å². The van der Waals surface area contributed by atoms with Crippen molar-refractivity contribution in [2.24, 2.45) is 5.92 Å². The Morgan fingerprint density at radius 1 is 1.11 bits per heavy atom. The van der Waals surface area contributed by atoms with Crippen LogP contribution >= 0.6 is 11.8 Å². The van der Waals surface area contributed by atoms with Crippen molar-refractivity contribution in [2.45, 2.75) is 116 Å². The maximum absolute atomic E-state index is 11.8. The summed E-state index contributed by atoms with van der Waals surface area (Å²) in [6.07, 6.45) is 4.54. The van der Waals surface area contributed by atoms with Crippen LogP contribution in [0.5, 0.6) is 0 Å². The summed E-state index contributed by atoms with van der Waals surface area (Å²) in [5, 5.41) is 2.93. The molecule has 2 rings (SSSR count). The van der Waals surface area contributed by atoms with E-state index in [2.05, 4.69) is 39.2 Å². The highest BCUT2D eigenvalue weighted by Gasteiger charge is 2.39. The number of alkyl carbamates (subject to hydrolysis) is 1. The molecular weight excluding hydrogens is 510 g/mol. The largest absolute Gasteiger partial charge is 0.467 e. The molecule has 0 aromatic heterocycles. The van der Waals surface area contributed by atoms with Crippen LogP contribution < -0.4 is 5.32 Å². The van der Waals surface area contributed by atoms with Crippen LogP contribution in [0.4, 0.5) is 4.79 Å². The first-order valence-corrected chi connectivity index (χ1v) is 16.4. The third-order valence-corrected chi connectivity index (χ3v) is 12.5. The van der Waals surface area contributed by atoms with E-state index in [0.717, 1.165) is 0 Å². The van der Waals surface area contributed by atoms with E-state index in [1.807, 2.05) is 13.0 Å². The van der Waals surface area contributed by atoms with Crippen molar-refractivity contribution in [3.8, 4) is 0 Å². The number of hydrogen-bond donors (Lipinski definition) is 1. The molecular formula is C27H49NO7SSi. The molecule has 2 aliphatic carbocycles. The molecule has 1 N–H and O–H groups in total. The summed E-state index contributed by atoms with van der Waals surface area (Å²) in [6, 6.07) is -0.784. The number of carbonyl (C=O) groups is 4. The molecule has 0 aliphatic heterocycles. The number of ether oxygens (including phenoxy) is 2. The number of nitrogens with one attached hydrogen (secondary N) is 1. The Morgan fingerprint density at radius 2 is 1.70 bits per heavy atom. The predicted molar refractivity (Wildman–Crippen MR) is 152 cm³/mol. The van der Waals surface area contributed by atoms with Gasteiger partial charge >= 0.3 is 12.1 Å². The zero-order valence-corrected chi connectivity index (χ0v) is 25.4. The Kier molecular flexibility index (Phi) is 13.8. The third-order valence-electron chi connectivity index (χ3n) is 6.42. The van der Waals surface area contributed by atoms with Crippen LogP contribution in [0.15, 0.2) is 12.2 Å². The fourth-order valence-electron chi connectivity index (χ4n) is 3.39. The zero-order chi connectivity index (χ0) is 27.9. The fourth-order valence-corrected chi connectivity index (χ4v) is 6.05. The monoisotopic (exact) mass is 559 g/mol. The predicted octanol–water partition coefficient (Wildman–Crippen LogP) is 5.70. The maximum atomic E-state index is 11.8. The first-order valence-electron chi connectivity index (χ1n) is 12.4. The molecule has 0 spiro atoms. The second-order valence-electron chi connectivity index (χ2n) is 12.0. The van der Waals surface area contributed by atoms with E-state index < -0.39 is 32.0 Å². The van der Waals surface area contributed by atoms with Gasteiger partial charge in [0.15, 0.2) is 14.1 Å². The number of amides is 1. The molecule has 0 aromatic carbocycles. The number of ketones is 2. The molecule has 4 atom stereocenters. The molecule has 214 valence electrons. The van der Waals surface area contributed by atoms with E-state index in [1.165, 1.54) is 18.9 Å². The number of carbonyl (C=O) groups excluding carboxylic acids is 4. The molecule has 37 heavy (non-hydrogen) atoms. The molecule has 1 fully saturated rings. The molecule has 0 heterocycles. The van der Waals surface area contributed by atoms with E-state index in [4.69, 9.17) is 13.9 Å². The van der Waals surface area contributed by atoms with Crippen LogP contribution in [0, 0.1) is 5.92 Å². The first kappa shape index (κ1) is 35.3. The van der Waals surface area contributed by atoms with Gasteiger partial charge in [-0.1, -0.05) is 41.2 Å². The molecule has 0 unspecified atom stereocenters. The van der Waals surface area contributed by atoms with Crippen LogP contribution in [-0.2, 0) is 28.3 Å². The van der Waals surface area contributed by atoms with Gasteiger partial charge in [0.1, 0.15) is 17.4 Å². The third kappa shape index (κ3) is 12.6. The summed E-state index contributed by atoms with van der Waals surface area (Å²) < 4.78 is 15.9. The Balaban J connectivity index is 0.000000747. The fraction of sp³-hybridized carbons (Fsp3) is 0.778. The topological polar surface area (TPSA) is 108 Å². The van der Waals surface area contributed by atoms with Gasteiger partial charge in [0.05, 0.1) is 13.2 Å². The van der Waals surface area contributed by atoms with Gasteiger partial charge in [0.25, 0.3) is 0 Å². The van der Waals surface area contributed by atoms with Crippen LogP contribution in [0.1, 0.15) is 75.2 Å². The second-order valence-corrected chi connectivity index (χ2v) is 18.0. The number of esters is 1. The molecule has 2 aliphatic rings. The van der Waals surface area contributed by atoms with Crippen molar-refractivity contribution >= 4 is 43.7 Å². The zero-order valence-electron chi connectivity index (χ0n) is 23.6. The Morgan fingerprint density at radius 3 is 2.11 bits per heavy atom. The number of methoxy groups -OCH3 is 1. The van der Waals surface area contributed by atoms with Crippen LogP contribution in [0.25, 0.3) is 0 Å². The SMILES string of the molecule is C.CC(C)(C)[Si](C)(C)O[C@@H]1C=CC(=O)C1.COC(=O)[C@H](CS[C@H]1CC(=O)C[C@@H]1C)NC(=O)OC(C)(C)C. The van der Waals surface area contributed by atoms with Crippen molar-refractivity contribution in [1.82, 2.24) is 5.32 Å². The number of allylic oxidation sites excluding steroid dienone is 1. The van der Waals surface area contributed by atoms with Gasteiger partial charge in [-0.15, -0.1) is 0 Å². The van der Waals surface area contributed by atoms with Crippen molar-refractivity contribution in [3.05, 3.63) is 12.2 Å². The van der Waals surface area contributed by atoms with Crippen molar-refractivity contribution in [2.75, 3.05) is 12.9 Å². The normalized spacial score (nSPS) is 22.5. The number of rotatable bonds is 7. The van der Waals surface area contributed by atoms with Crippen molar-refractivity contribution < 1.29 is 33.1 Å². The quantitative estimate of drug-likeness (QED) is 0.313. The highest BCUT2D eigenvalue weighted by Crippen LogP contribution is 2.38. The molecule has 1 amide bonds. The minimum Gasteiger partial charge on any atom is -0.467 e. The van der Waals surface area contributed by atoms with Crippen LogP contribution in [-0.4, -0.2) is 67.8 Å². The standard InChI is InChI=1S/C15H25NO5S.C11H20O2Si.CH4/c1-9-6-10(17)7-12(9)22-8-11(13(18)20-5)16-14(19)21-15(2,3)4;1-11(2,3)14(4,5)13-10-7-6-9(12)8-10;/h9,11-12H,6-8H2,1-5H3,(H,16,19);6-7,10H,8H2,1-5H3;1H4/t9-,11-,12-;10-;/m01./s1. The van der Waals surface area contributed by atoms with Gasteiger partial charge in [-0.2, -0.15) is 11.8 Å². The lowest BCUT2D eigenvalue weighted by atomic mass is 10.1. The number of Topliss-reactive ketones (excluding diaryl/α,β-unsaturated/α-hetero) is 1. The summed E-state index contributed by atoms with van der Waals surface area (Å²) in [7, 11) is -0.427. The highest BCUT2D eigenvalue weighted by molar-refractivity contribution is 8.00. The molecule has 1 saturated carbocycles. The Labute approximate surface area is 229 Å². The van der Waals surface area contributed by atoms with E-state index in [9.17, 15) is 19.2 Å². The van der Waals surface area contributed by atoms with E-state index in [1.54, 1.807) is 26.8 Å². The van der Waals surface area contributed by atoms with Crippen molar-refractivity contribution in [1.29, 1.82) is 0 Å². The van der Waals surface area contributed by atoms with Gasteiger partial charge in [-0.05, 0) is 50.9 Å². The Bertz CT molecular complexity index is 830. The lowest BCUT2D eigenvalue weighted by molar-refractivity contribution is -0.142. The number of thioether (sulfide) groups is 1. The summed E-state index contributed by atoms with van der Waals surface area (Å²) in [6.45, 7) is 18.3. The average Bonchev–Trinajstić information content (AvgIpc) is 3.25. The summed E-state index contributed by atoms with van der Waals surface area (Å²) in [4.78, 5) is 46.1. The molecule has 0 saturated heterocycles. The molecule has 0 bridgehead atoms. The minimum absolute atomic E-state index is 0. The summed E-state index contributed by atoms with van der Waals surface area (Å²) in [5.41, 5.74) is -0.635. The first-order chi connectivity index (χ1) is 16.3. The lowest BCUT2D eigenvalue weighted by Gasteiger charge is -2.37. The Hall–Kier alpha value is -1.65. The van der Waals surface area contributed by atoms with Crippen LogP contribution in [0.3, 0.4) is 0 Å². The molecule has 0 radical (unpaired) electrons. The lowest BCUT2D eigenvalue weighted by Crippen LogP contribution is -2.45. The summed E-state index contributed by atoms with van der Waals surface area (Å²) in [5.74, 6) is 0.565. The second kappa shape index (κ2) is 14.5. The molecule has 10 heteroatoms. The van der Waals surface area contributed by atoms with E-state index >= 15 is 0 Å². The van der Waals surface area contributed by atoms with E-state index in [-0.39, 0.29) is 41.3 Å². The molecule has 0 aromatic rings. The summed E-state index contributed by atoms with van der Waals surface area (Å²) >= 11 is 1.52. The maximum Gasteiger partial charge on any atom is 0.408 e. The van der Waals surface area contributed by atoms with Gasteiger partial charge in [0.2, 0.25) is 0 Å². The van der Waals surface area contributed by atoms with Crippen LogP contribution in [0.2, 0.25) is 18.1 Å². The average molecular weight is 560 g/mol. The van der Waals surface area contributed by atoms with E-state index in [0.29, 0.717) is 25.0 Å². The molecule has 8 nitrogen and oxygen atoms in total. The number of hydrogen-bond acceptors (Lipinski definition) is 8. The minimum atomic E-state index is -1.70.